The van der Waals surface area contributed by atoms with Crippen LogP contribution in [-0.4, -0.2) is 22.2 Å². The molecule has 8 heteroatoms. The fourth-order valence-electron chi connectivity index (χ4n) is 3.25. The Morgan fingerprint density at radius 3 is 2.73 bits per heavy atom. The molecule has 132 valence electrons. The molecule has 6 nitrogen and oxygen atoms in total. The molecular weight excluding hydrogens is 368 g/mol. The first kappa shape index (κ1) is 17.0. The lowest BCUT2D eigenvalue weighted by molar-refractivity contribution is -0.762. The maximum Gasteiger partial charge on any atom is 0.325 e. The van der Waals surface area contributed by atoms with Crippen LogP contribution in [-0.2, 0) is 4.79 Å². The van der Waals surface area contributed by atoms with Gasteiger partial charge in [-0.15, -0.1) is 11.3 Å². The van der Waals surface area contributed by atoms with Gasteiger partial charge in [-0.1, -0.05) is 23.9 Å². The molecule has 0 saturated heterocycles. The van der Waals surface area contributed by atoms with Gasteiger partial charge < -0.3 is 0 Å². The summed E-state index contributed by atoms with van der Waals surface area (Å²) in [5, 5.41) is 5.14. The summed E-state index contributed by atoms with van der Waals surface area (Å²) in [4.78, 5) is 32.1. The first-order chi connectivity index (χ1) is 12.5. The van der Waals surface area contributed by atoms with Gasteiger partial charge in [-0.05, 0) is 42.1 Å². The molecule has 0 fully saturated rings. The molecule has 1 amide bonds. The van der Waals surface area contributed by atoms with Crippen LogP contribution in [0.5, 0.6) is 0 Å². The molecule has 3 aromatic rings. The first-order valence-corrected chi connectivity index (χ1v) is 10.1. The van der Waals surface area contributed by atoms with Crippen molar-refractivity contribution in [3.05, 3.63) is 56.5 Å². The van der Waals surface area contributed by atoms with Gasteiger partial charge in [0, 0.05) is 16.9 Å². The largest absolute Gasteiger partial charge is 0.325 e. The highest BCUT2D eigenvalue weighted by atomic mass is 32.2. The number of carbonyl (C=O) groups excluding carboxylic acids is 1. The van der Waals surface area contributed by atoms with Crippen molar-refractivity contribution in [2.24, 2.45) is 0 Å². The number of anilines is 1. The van der Waals surface area contributed by atoms with E-state index in [0.717, 1.165) is 15.4 Å². The Morgan fingerprint density at radius 1 is 1.31 bits per heavy atom. The second-order valence-electron chi connectivity index (χ2n) is 5.98. The summed E-state index contributed by atoms with van der Waals surface area (Å²) in [5.74, 6) is -0.0977. The number of hydrogen-bond acceptors (Lipinski definition) is 5. The number of para-hydroxylation sites is 1. The SMILES string of the molecule is CSc1n[n+]2c(c(=O)[nH]1)-c1ccccc1N(C(C)=O)[C@@H]2c1ccc(C)s1. The van der Waals surface area contributed by atoms with Crippen molar-refractivity contribution in [2.45, 2.75) is 25.2 Å². The van der Waals surface area contributed by atoms with Crippen LogP contribution in [0, 0.1) is 6.92 Å². The van der Waals surface area contributed by atoms with Crippen LogP contribution < -0.4 is 15.1 Å². The number of fused-ring (bicyclic) bond motifs is 3. The maximum atomic E-state index is 12.8. The van der Waals surface area contributed by atoms with Crippen LogP contribution in [0.2, 0.25) is 0 Å². The summed E-state index contributed by atoms with van der Waals surface area (Å²) in [6.07, 6.45) is 1.37. The summed E-state index contributed by atoms with van der Waals surface area (Å²) in [6, 6.07) is 11.5. The molecule has 1 aliphatic heterocycles. The average molecular weight is 385 g/mol. The number of aryl methyl sites for hydroxylation is 1. The van der Waals surface area contributed by atoms with E-state index in [1.54, 1.807) is 27.8 Å². The van der Waals surface area contributed by atoms with Crippen molar-refractivity contribution in [2.75, 3.05) is 11.2 Å². The number of carbonyl (C=O) groups is 1. The predicted molar refractivity (Wildman–Crippen MR) is 103 cm³/mol. The number of amides is 1. The van der Waals surface area contributed by atoms with Gasteiger partial charge in [0.05, 0.1) is 16.1 Å². The van der Waals surface area contributed by atoms with Gasteiger partial charge in [0.25, 0.3) is 0 Å². The van der Waals surface area contributed by atoms with Gasteiger partial charge in [0.15, 0.2) is 0 Å². The van der Waals surface area contributed by atoms with Crippen LogP contribution in [0.1, 0.15) is 22.8 Å². The summed E-state index contributed by atoms with van der Waals surface area (Å²) in [5.41, 5.74) is 1.68. The monoisotopic (exact) mass is 385 g/mol. The van der Waals surface area contributed by atoms with Crippen molar-refractivity contribution < 1.29 is 9.48 Å². The van der Waals surface area contributed by atoms with Crippen LogP contribution in [0.15, 0.2) is 46.3 Å². The van der Waals surface area contributed by atoms with E-state index >= 15 is 0 Å². The number of aromatic nitrogens is 3. The van der Waals surface area contributed by atoms with E-state index in [4.69, 9.17) is 0 Å². The average Bonchev–Trinajstić information content (AvgIpc) is 3.05. The number of thioether (sulfide) groups is 1. The van der Waals surface area contributed by atoms with E-state index in [2.05, 4.69) is 10.1 Å². The Balaban J connectivity index is 2.10. The molecule has 1 atom stereocenters. The number of H-pyrrole nitrogens is 1. The lowest BCUT2D eigenvalue weighted by Crippen LogP contribution is -2.60. The Kier molecular flexibility index (Phi) is 4.16. The minimum atomic E-state index is -0.482. The molecule has 1 aromatic carbocycles. The quantitative estimate of drug-likeness (QED) is 0.544. The van der Waals surface area contributed by atoms with Crippen molar-refractivity contribution in [1.29, 1.82) is 0 Å². The molecule has 26 heavy (non-hydrogen) atoms. The summed E-state index contributed by atoms with van der Waals surface area (Å²) in [7, 11) is 0. The number of rotatable bonds is 2. The highest BCUT2D eigenvalue weighted by Crippen LogP contribution is 2.38. The molecule has 1 N–H and O–H groups in total. The van der Waals surface area contributed by atoms with Gasteiger partial charge in [0.1, 0.15) is 0 Å². The summed E-state index contributed by atoms with van der Waals surface area (Å²) < 4.78 is 1.68. The van der Waals surface area contributed by atoms with Crippen molar-refractivity contribution >= 4 is 34.7 Å². The molecule has 0 unspecified atom stereocenters. The second kappa shape index (κ2) is 6.37. The fourth-order valence-corrected chi connectivity index (χ4v) is 4.57. The van der Waals surface area contributed by atoms with E-state index in [9.17, 15) is 9.59 Å². The van der Waals surface area contributed by atoms with Gasteiger partial charge in [-0.2, -0.15) is 0 Å². The van der Waals surface area contributed by atoms with E-state index in [0.29, 0.717) is 16.4 Å². The molecule has 0 saturated carbocycles. The first-order valence-electron chi connectivity index (χ1n) is 8.07. The predicted octanol–water partition coefficient (Wildman–Crippen LogP) is 2.73. The number of benzene rings is 1. The zero-order valence-electron chi connectivity index (χ0n) is 14.5. The lowest BCUT2D eigenvalue weighted by Gasteiger charge is -2.30. The summed E-state index contributed by atoms with van der Waals surface area (Å²) >= 11 is 2.96. The minimum absolute atomic E-state index is 0.0977. The molecular formula is C18H17N4O2S2+. The van der Waals surface area contributed by atoms with Gasteiger partial charge in [0.2, 0.25) is 11.1 Å². The van der Waals surface area contributed by atoms with Gasteiger partial charge >= 0.3 is 17.4 Å². The molecule has 2 aromatic heterocycles. The van der Waals surface area contributed by atoms with Crippen LogP contribution in [0.3, 0.4) is 0 Å². The Labute approximate surface area is 158 Å². The van der Waals surface area contributed by atoms with Crippen molar-refractivity contribution in [3.63, 3.8) is 0 Å². The molecule has 3 heterocycles. The lowest BCUT2D eigenvalue weighted by atomic mass is 10.0. The van der Waals surface area contributed by atoms with Gasteiger partial charge in [-0.3, -0.25) is 14.6 Å². The highest BCUT2D eigenvalue weighted by Gasteiger charge is 2.45. The number of aromatic amines is 1. The van der Waals surface area contributed by atoms with E-state index < -0.39 is 6.17 Å². The Bertz CT molecular complexity index is 1070. The highest BCUT2D eigenvalue weighted by molar-refractivity contribution is 7.98. The number of hydrogen-bond donors (Lipinski definition) is 1. The van der Waals surface area contributed by atoms with E-state index in [-0.39, 0.29) is 11.5 Å². The van der Waals surface area contributed by atoms with Crippen LogP contribution in [0.25, 0.3) is 11.3 Å². The molecule has 0 bridgehead atoms. The fraction of sp³-hybridized carbons (Fsp3) is 0.222. The Hall–Kier alpha value is -2.45. The third kappa shape index (κ3) is 2.57. The molecule has 4 rings (SSSR count). The topological polar surface area (TPSA) is 69.9 Å². The number of thiophene rings is 1. The molecule has 0 aliphatic carbocycles. The maximum absolute atomic E-state index is 12.8. The zero-order chi connectivity index (χ0) is 18.4. The van der Waals surface area contributed by atoms with Crippen LogP contribution in [0.4, 0.5) is 5.69 Å². The van der Waals surface area contributed by atoms with Crippen molar-refractivity contribution in [3.8, 4) is 11.3 Å². The molecule has 0 spiro atoms. The number of nitrogens with one attached hydrogen (secondary N) is 1. The molecule has 1 aliphatic rings. The normalized spacial score (nSPS) is 15.5. The Morgan fingerprint density at radius 2 is 2.08 bits per heavy atom. The smallest absolute Gasteiger partial charge is 0.291 e. The third-order valence-electron chi connectivity index (χ3n) is 4.31. The minimum Gasteiger partial charge on any atom is -0.291 e. The standard InChI is InChI=1S/C18H16N4O2S2/c1-10-8-9-14(26-10)17-21(11(2)23)13-7-5-4-6-12(13)15-16(24)19-18(25-3)20-22(15)17/h4-9,17H,1-3H3/p+1/t17-/m0/s1. The van der Waals surface area contributed by atoms with Crippen LogP contribution >= 0.6 is 23.1 Å². The third-order valence-corrected chi connectivity index (χ3v) is 5.92. The van der Waals surface area contributed by atoms with E-state index in [1.807, 2.05) is 49.6 Å². The van der Waals surface area contributed by atoms with E-state index in [1.165, 1.54) is 11.8 Å². The summed E-state index contributed by atoms with van der Waals surface area (Å²) in [6.45, 7) is 3.56. The zero-order valence-corrected chi connectivity index (χ0v) is 16.1. The van der Waals surface area contributed by atoms with Crippen molar-refractivity contribution in [1.82, 2.24) is 10.1 Å². The molecule has 0 radical (unpaired) electrons. The van der Waals surface area contributed by atoms with Gasteiger partial charge in [-0.25, -0.2) is 4.90 Å². The number of nitrogens with zero attached hydrogens (tertiary/aromatic N) is 3. The second-order valence-corrected chi connectivity index (χ2v) is 8.10.